The van der Waals surface area contributed by atoms with E-state index in [1.54, 1.807) is 6.07 Å². The van der Waals surface area contributed by atoms with Crippen LogP contribution in [0, 0.1) is 0 Å². The summed E-state index contributed by atoms with van der Waals surface area (Å²) in [7, 11) is 0. The van der Waals surface area contributed by atoms with Gasteiger partial charge >= 0.3 is 5.97 Å². The Hall–Kier alpha value is -2.29. The lowest BCUT2D eigenvalue weighted by atomic mass is 10.1. The lowest BCUT2D eigenvalue weighted by Crippen LogP contribution is -2.01. The smallest absolute Gasteiger partial charge is 0.308 e. The minimum atomic E-state index is -0.309. The minimum absolute atomic E-state index is 0.309. The summed E-state index contributed by atoms with van der Waals surface area (Å²) in [5, 5.41) is 2.20. The maximum absolute atomic E-state index is 11.0. The first-order chi connectivity index (χ1) is 8.25. The molecular formula is C14H11NO2. The molecule has 1 aromatic heterocycles. The first-order valence-electron chi connectivity index (χ1n) is 5.43. The highest BCUT2D eigenvalue weighted by Gasteiger charge is 2.09. The summed E-state index contributed by atoms with van der Waals surface area (Å²) >= 11 is 0. The Bertz CT molecular complexity index is 712. The summed E-state index contributed by atoms with van der Waals surface area (Å²) in [6.45, 7) is 1.40. The number of hydrogen-bond donors (Lipinski definition) is 1. The fourth-order valence-corrected chi connectivity index (χ4v) is 2.09. The van der Waals surface area contributed by atoms with E-state index in [1.807, 2.05) is 36.4 Å². The first kappa shape index (κ1) is 9.90. The molecule has 3 nitrogen and oxygen atoms in total. The Kier molecular flexibility index (Phi) is 2.11. The van der Waals surface area contributed by atoms with E-state index >= 15 is 0 Å². The van der Waals surface area contributed by atoms with Crippen LogP contribution in [0.15, 0.2) is 42.5 Å². The Morgan fingerprint density at radius 3 is 2.65 bits per heavy atom. The molecule has 3 aromatic rings. The standard InChI is InChI=1S/C14H11NO2/c1-9(16)17-13-8-4-6-11-10-5-2-3-7-12(10)15-14(11)13/h2-8,15H,1H3. The van der Waals surface area contributed by atoms with Crippen molar-refractivity contribution in [2.75, 3.05) is 0 Å². The summed E-state index contributed by atoms with van der Waals surface area (Å²) in [4.78, 5) is 14.3. The van der Waals surface area contributed by atoms with Crippen LogP contribution in [0.25, 0.3) is 21.8 Å². The van der Waals surface area contributed by atoms with Gasteiger partial charge in [0.2, 0.25) is 0 Å². The number of benzene rings is 2. The number of hydrogen-bond acceptors (Lipinski definition) is 2. The number of aromatic nitrogens is 1. The topological polar surface area (TPSA) is 42.1 Å². The van der Waals surface area contributed by atoms with Crippen molar-refractivity contribution in [1.82, 2.24) is 4.98 Å². The zero-order valence-corrected chi connectivity index (χ0v) is 9.36. The number of H-pyrrole nitrogens is 1. The molecule has 0 aliphatic heterocycles. The molecular weight excluding hydrogens is 214 g/mol. The maximum Gasteiger partial charge on any atom is 0.308 e. The molecule has 0 fully saturated rings. The van der Waals surface area contributed by atoms with Gasteiger partial charge in [0.25, 0.3) is 0 Å². The lowest BCUT2D eigenvalue weighted by Gasteiger charge is -2.01. The van der Waals surface area contributed by atoms with Gasteiger partial charge in [0, 0.05) is 23.2 Å². The van der Waals surface area contributed by atoms with Crippen LogP contribution in [0.5, 0.6) is 5.75 Å². The molecule has 3 heteroatoms. The third-order valence-electron chi connectivity index (χ3n) is 2.76. The third kappa shape index (κ3) is 1.56. The molecule has 3 rings (SSSR count). The summed E-state index contributed by atoms with van der Waals surface area (Å²) in [6.07, 6.45) is 0. The second-order valence-electron chi connectivity index (χ2n) is 3.94. The summed E-state index contributed by atoms with van der Waals surface area (Å²) in [5.41, 5.74) is 1.91. The molecule has 0 aliphatic rings. The zero-order chi connectivity index (χ0) is 11.8. The molecule has 0 radical (unpaired) electrons. The number of para-hydroxylation sites is 2. The number of aromatic amines is 1. The molecule has 0 spiro atoms. The van der Waals surface area contributed by atoms with E-state index in [1.165, 1.54) is 6.92 Å². The molecule has 0 aliphatic carbocycles. The molecule has 0 bridgehead atoms. The van der Waals surface area contributed by atoms with Crippen molar-refractivity contribution in [3.8, 4) is 5.75 Å². The third-order valence-corrected chi connectivity index (χ3v) is 2.76. The second-order valence-corrected chi connectivity index (χ2v) is 3.94. The Labute approximate surface area is 98.0 Å². The number of ether oxygens (including phenoxy) is 1. The van der Waals surface area contributed by atoms with Crippen LogP contribution in [-0.4, -0.2) is 11.0 Å². The van der Waals surface area contributed by atoms with E-state index in [0.29, 0.717) is 5.75 Å². The maximum atomic E-state index is 11.0. The highest BCUT2D eigenvalue weighted by atomic mass is 16.5. The van der Waals surface area contributed by atoms with Crippen LogP contribution in [0.3, 0.4) is 0 Å². The minimum Gasteiger partial charge on any atom is -0.424 e. The Balaban J connectivity index is 2.35. The van der Waals surface area contributed by atoms with Crippen LogP contribution in [-0.2, 0) is 4.79 Å². The molecule has 0 atom stereocenters. The van der Waals surface area contributed by atoms with E-state index in [4.69, 9.17) is 4.74 Å². The molecule has 0 amide bonds. The largest absolute Gasteiger partial charge is 0.424 e. The molecule has 0 saturated carbocycles. The Morgan fingerprint density at radius 1 is 1.06 bits per heavy atom. The number of rotatable bonds is 1. The predicted octanol–water partition coefficient (Wildman–Crippen LogP) is 3.25. The first-order valence-corrected chi connectivity index (χ1v) is 5.43. The van der Waals surface area contributed by atoms with Gasteiger partial charge in [-0.1, -0.05) is 30.3 Å². The van der Waals surface area contributed by atoms with E-state index in [-0.39, 0.29) is 5.97 Å². The number of carbonyl (C=O) groups is 1. The molecule has 1 N–H and O–H groups in total. The fourth-order valence-electron chi connectivity index (χ4n) is 2.09. The summed E-state index contributed by atoms with van der Waals surface area (Å²) in [5.74, 6) is 0.266. The van der Waals surface area contributed by atoms with Gasteiger partial charge in [-0.05, 0) is 12.1 Å². The van der Waals surface area contributed by atoms with Crippen molar-refractivity contribution < 1.29 is 9.53 Å². The van der Waals surface area contributed by atoms with Gasteiger partial charge in [0.05, 0.1) is 5.52 Å². The van der Waals surface area contributed by atoms with Crippen LogP contribution in [0.2, 0.25) is 0 Å². The Morgan fingerprint density at radius 2 is 1.82 bits per heavy atom. The van der Waals surface area contributed by atoms with Gasteiger partial charge in [-0.25, -0.2) is 0 Å². The van der Waals surface area contributed by atoms with E-state index in [9.17, 15) is 4.79 Å². The van der Waals surface area contributed by atoms with E-state index < -0.39 is 0 Å². The molecule has 2 aromatic carbocycles. The number of fused-ring (bicyclic) bond motifs is 3. The zero-order valence-electron chi connectivity index (χ0n) is 9.36. The van der Waals surface area contributed by atoms with Gasteiger partial charge in [0.15, 0.2) is 5.75 Å². The van der Waals surface area contributed by atoms with Crippen molar-refractivity contribution in [2.24, 2.45) is 0 Å². The monoisotopic (exact) mass is 225 g/mol. The van der Waals surface area contributed by atoms with Crippen molar-refractivity contribution in [2.45, 2.75) is 6.92 Å². The van der Waals surface area contributed by atoms with Gasteiger partial charge < -0.3 is 9.72 Å². The average molecular weight is 225 g/mol. The summed E-state index contributed by atoms with van der Waals surface area (Å²) < 4.78 is 5.19. The normalized spacial score (nSPS) is 10.9. The molecule has 17 heavy (non-hydrogen) atoms. The van der Waals surface area contributed by atoms with Crippen molar-refractivity contribution in [1.29, 1.82) is 0 Å². The van der Waals surface area contributed by atoms with Gasteiger partial charge in [0.1, 0.15) is 0 Å². The van der Waals surface area contributed by atoms with Gasteiger partial charge in [-0.3, -0.25) is 4.79 Å². The van der Waals surface area contributed by atoms with Crippen LogP contribution in [0.4, 0.5) is 0 Å². The number of carbonyl (C=O) groups excluding carboxylic acids is 1. The molecule has 84 valence electrons. The number of esters is 1. The molecule has 0 saturated heterocycles. The number of nitrogens with one attached hydrogen (secondary N) is 1. The SMILES string of the molecule is CC(=O)Oc1cccc2c1[nH]c1ccccc12. The summed E-state index contributed by atoms with van der Waals surface area (Å²) in [6, 6.07) is 13.7. The van der Waals surface area contributed by atoms with E-state index in [0.717, 1.165) is 21.8 Å². The van der Waals surface area contributed by atoms with Crippen LogP contribution < -0.4 is 4.74 Å². The van der Waals surface area contributed by atoms with Crippen LogP contribution >= 0.6 is 0 Å². The average Bonchev–Trinajstić information content (AvgIpc) is 2.68. The second kappa shape index (κ2) is 3.63. The fraction of sp³-hybridized carbons (Fsp3) is 0.0714. The van der Waals surface area contributed by atoms with Crippen molar-refractivity contribution >= 4 is 27.8 Å². The van der Waals surface area contributed by atoms with Crippen molar-refractivity contribution in [3.63, 3.8) is 0 Å². The quantitative estimate of drug-likeness (QED) is 0.510. The molecule has 0 unspecified atom stereocenters. The lowest BCUT2D eigenvalue weighted by molar-refractivity contribution is -0.131. The van der Waals surface area contributed by atoms with E-state index in [2.05, 4.69) is 4.98 Å². The highest BCUT2D eigenvalue weighted by molar-refractivity contribution is 6.09. The van der Waals surface area contributed by atoms with Gasteiger partial charge in [-0.15, -0.1) is 0 Å². The van der Waals surface area contributed by atoms with Crippen molar-refractivity contribution in [3.05, 3.63) is 42.5 Å². The van der Waals surface area contributed by atoms with Gasteiger partial charge in [-0.2, -0.15) is 0 Å². The molecule has 1 heterocycles. The van der Waals surface area contributed by atoms with Crippen LogP contribution in [0.1, 0.15) is 6.92 Å². The predicted molar refractivity (Wildman–Crippen MR) is 67.1 cm³/mol. The highest BCUT2D eigenvalue weighted by Crippen LogP contribution is 2.31.